The molecular formula is C26H18F4O4. The largest absolute Gasteiger partial charge is 0.465 e. The number of ether oxygens (including phenoxy) is 2. The molecule has 174 valence electrons. The number of hydrogen-bond donors (Lipinski definition) is 0. The molecule has 3 aromatic rings. The first-order chi connectivity index (χ1) is 16.3. The van der Waals surface area contributed by atoms with Gasteiger partial charge >= 0.3 is 11.9 Å². The van der Waals surface area contributed by atoms with Crippen LogP contribution in [0.3, 0.4) is 0 Å². The zero-order valence-corrected chi connectivity index (χ0v) is 17.9. The van der Waals surface area contributed by atoms with E-state index in [4.69, 9.17) is 9.47 Å². The SMILES string of the molecule is CCOC(=O)C(c1cc(F)c(F)c(F)c1F)C1OC(=O)C(c2ccccc2)=C1c1ccccc1. The van der Waals surface area contributed by atoms with Gasteiger partial charge in [0.2, 0.25) is 0 Å². The van der Waals surface area contributed by atoms with Gasteiger partial charge in [-0.2, -0.15) is 0 Å². The highest BCUT2D eigenvalue weighted by atomic mass is 19.2. The van der Waals surface area contributed by atoms with Crippen molar-refractivity contribution in [2.75, 3.05) is 6.61 Å². The molecule has 0 saturated heterocycles. The lowest BCUT2D eigenvalue weighted by Crippen LogP contribution is -2.31. The van der Waals surface area contributed by atoms with E-state index in [-0.39, 0.29) is 17.8 Å². The zero-order chi connectivity index (χ0) is 24.4. The first-order valence-electron chi connectivity index (χ1n) is 10.4. The quantitative estimate of drug-likeness (QED) is 0.209. The Kier molecular flexibility index (Phi) is 6.49. The Hall–Kier alpha value is -3.94. The van der Waals surface area contributed by atoms with Crippen molar-refractivity contribution in [3.8, 4) is 0 Å². The van der Waals surface area contributed by atoms with E-state index >= 15 is 0 Å². The third-order valence-corrected chi connectivity index (χ3v) is 5.45. The minimum absolute atomic E-state index is 0.106. The molecule has 0 spiro atoms. The lowest BCUT2D eigenvalue weighted by atomic mass is 9.83. The molecule has 0 bridgehead atoms. The number of hydrogen-bond acceptors (Lipinski definition) is 4. The molecule has 0 saturated carbocycles. The van der Waals surface area contributed by atoms with Crippen molar-refractivity contribution in [1.29, 1.82) is 0 Å². The van der Waals surface area contributed by atoms with Crippen LogP contribution in [0.4, 0.5) is 17.6 Å². The third kappa shape index (κ3) is 4.07. The Morgan fingerprint density at radius 1 is 0.912 bits per heavy atom. The Labute approximate surface area is 192 Å². The second-order valence-electron chi connectivity index (χ2n) is 7.47. The first-order valence-corrected chi connectivity index (χ1v) is 10.4. The predicted molar refractivity (Wildman–Crippen MR) is 115 cm³/mol. The summed E-state index contributed by atoms with van der Waals surface area (Å²) in [6.45, 7) is 1.35. The zero-order valence-electron chi connectivity index (χ0n) is 17.9. The molecule has 1 aliphatic heterocycles. The Balaban J connectivity index is 1.99. The molecule has 0 aliphatic carbocycles. The minimum atomic E-state index is -2.08. The number of esters is 2. The molecule has 4 nitrogen and oxygen atoms in total. The summed E-state index contributed by atoms with van der Waals surface area (Å²) in [7, 11) is 0. The molecule has 4 rings (SSSR count). The fourth-order valence-corrected chi connectivity index (χ4v) is 3.99. The van der Waals surface area contributed by atoms with Crippen molar-refractivity contribution in [3.05, 3.63) is 107 Å². The van der Waals surface area contributed by atoms with Crippen LogP contribution in [0.25, 0.3) is 11.1 Å². The molecule has 0 radical (unpaired) electrons. The highest BCUT2D eigenvalue weighted by molar-refractivity contribution is 6.28. The van der Waals surface area contributed by atoms with Crippen LogP contribution in [-0.2, 0) is 19.1 Å². The van der Waals surface area contributed by atoms with E-state index in [2.05, 4.69) is 0 Å². The van der Waals surface area contributed by atoms with Crippen LogP contribution >= 0.6 is 0 Å². The maximum atomic E-state index is 14.8. The highest BCUT2D eigenvalue weighted by Crippen LogP contribution is 2.44. The second-order valence-corrected chi connectivity index (χ2v) is 7.47. The van der Waals surface area contributed by atoms with E-state index in [1.807, 2.05) is 0 Å². The number of carbonyl (C=O) groups excluding carboxylic acids is 2. The summed E-state index contributed by atoms with van der Waals surface area (Å²) in [5, 5.41) is 0. The average Bonchev–Trinajstić information content (AvgIpc) is 3.18. The number of benzene rings is 3. The molecule has 1 heterocycles. The summed E-state index contributed by atoms with van der Waals surface area (Å²) < 4.78 is 67.3. The number of carbonyl (C=O) groups is 2. The van der Waals surface area contributed by atoms with E-state index < -0.39 is 52.8 Å². The fourth-order valence-electron chi connectivity index (χ4n) is 3.99. The third-order valence-electron chi connectivity index (χ3n) is 5.45. The summed E-state index contributed by atoms with van der Waals surface area (Å²) in [6.07, 6.45) is -1.50. The van der Waals surface area contributed by atoms with Gasteiger partial charge in [-0.3, -0.25) is 4.79 Å². The number of halogens is 4. The van der Waals surface area contributed by atoms with Crippen molar-refractivity contribution < 1.29 is 36.6 Å². The van der Waals surface area contributed by atoms with Gasteiger partial charge in [-0.1, -0.05) is 60.7 Å². The molecule has 2 unspecified atom stereocenters. The Bertz CT molecular complexity index is 1270. The van der Waals surface area contributed by atoms with E-state index in [1.54, 1.807) is 60.7 Å². The molecule has 0 amide bonds. The van der Waals surface area contributed by atoms with Crippen molar-refractivity contribution in [3.63, 3.8) is 0 Å². The molecule has 8 heteroatoms. The monoisotopic (exact) mass is 470 g/mol. The molecule has 34 heavy (non-hydrogen) atoms. The van der Waals surface area contributed by atoms with Gasteiger partial charge in [0.25, 0.3) is 0 Å². The minimum Gasteiger partial charge on any atom is -0.465 e. The molecule has 3 aromatic carbocycles. The average molecular weight is 470 g/mol. The predicted octanol–water partition coefficient (Wildman–Crippen LogP) is 5.43. The van der Waals surface area contributed by atoms with Gasteiger partial charge in [0.1, 0.15) is 12.0 Å². The van der Waals surface area contributed by atoms with Crippen LogP contribution in [0.1, 0.15) is 29.5 Å². The highest BCUT2D eigenvalue weighted by Gasteiger charge is 2.46. The van der Waals surface area contributed by atoms with Gasteiger partial charge in [-0.05, 0) is 24.1 Å². The van der Waals surface area contributed by atoms with Crippen LogP contribution in [0.2, 0.25) is 0 Å². The van der Waals surface area contributed by atoms with Gasteiger partial charge in [0.05, 0.1) is 12.2 Å². The van der Waals surface area contributed by atoms with Crippen LogP contribution in [0.15, 0.2) is 66.7 Å². The van der Waals surface area contributed by atoms with Gasteiger partial charge in [-0.25, -0.2) is 22.4 Å². The smallest absolute Gasteiger partial charge is 0.339 e. The van der Waals surface area contributed by atoms with E-state index in [9.17, 15) is 27.2 Å². The Morgan fingerprint density at radius 3 is 2.09 bits per heavy atom. The molecule has 0 aromatic heterocycles. The van der Waals surface area contributed by atoms with Crippen molar-refractivity contribution in [1.82, 2.24) is 0 Å². The molecule has 2 atom stereocenters. The summed E-state index contributed by atoms with van der Waals surface area (Å²) in [5.74, 6) is -11.3. The molecular weight excluding hydrogens is 452 g/mol. The van der Waals surface area contributed by atoms with Crippen LogP contribution < -0.4 is 0 Å². The van der Waals surface area contributed by atoms with E-state index in [1.165, 1.54) is 6.92 Å². The standard InChI is InChI=1S/C26H18F4O4/c1-2-33-25(31)20(16-13-17(27)22(29)23(30)21(16)28)24-18(14-9-5-3-6-10-14)19(26(32)34-24)15-11-7-4-8-12-15/h3-13,20,24H,2H2,1H3. The summed E-state index contributed by atoms with van der Waals surface area (Å²) in [4.78, 5) is 26.0. The second kappa shape index (κ2) is 9.51. The van der Waals surface area contributed by atoms with Crippen molar-refractivity contribution in [2.24, 2.45) is 0 Å². The maximum Gasteiger partial charge on any atom is 0.339 e. The van der Waals surface area contributed by atoms with Gasteiger partial charge in [-0.15, -0.1) is 0 Å². The number of rotatable bonds is 6. The van der Waals surface area contributed by atoms with E-state index in [0.717, 1.165) is 0 Å². The fraction of sp³-hybridized carbons (Fsp3) is 0.154. The number of cyclic esters (lactones) is 1. The summed E-state index contributed by atoms with van der Waals surface area (Å²) in [5.41, 5.74) is 0.424. The van der Waals surface area contributed by atoms with Gasteiger partial charge in [0.15, 0.2) is 23.3 Å². The maximum absolute atomic E-state index is 14.8. The van der Waals surface area contributed by atoms with Crippen molar-refractivity contribution >= 4 is 23.1 Å². The van der Waals surface area contributed by atoms with E-state index in [0.29, 0.717) is 17.2 Å². The molecule has 1 aliphatic rings. The lowest BCUT2D eigenvalue weighted by molar-refractivity contribution is -0.150. The van der Waals surface area contributed by atoms with Gasteiger partial charge < -0.3 is 9.47 Å². The lowest BCUT2D eigenvalue weighted by Gasteiger charge is -2.25. The normalized spacial score (nSPS) is 16.4. The summed E-state index contributed by atoms with van der Waals surface area (Å²) >= 11 is 0. The van der Waals surface area contributed by atoms with Crippen LogP contribution in [0, 0.1) is 23.3 Å². The van der Waals surface area contributed by atoms with Crippen molar-refractivity contribution in [2.45, 2.75) is 18.9 Å². The first kappa shape index (κ1) is 23.2. The van der Waals surface area contributed by atoms with Crippen LogP contribution in [-0.4, -0.2) is 24.6 Å². The molecule has 0 fully saturated rings. The van der Waals surface area contributed by atoms with Gasteiger partial charge in [0, 0.05) is 11.1 Å². The Morgan fingerprint density at radius 2 is 1.50 bits per heavy atom. The molecule has 0 N–H and O–H groups in total. The summed E-state index contributed by atoms with van der Waals surface area (Å²) in [6, 6.07) is 17.2. The van der Waals surface area contributed by atoms with Crippen LogP contribution in [0.5, 0.6) is 0 Å². The topological polar surface area (TPSA) is 52.6 Å².